The molecule has 0 radical (unpaired) electrons. The number of Topliss-reactive ketones (excluding diaryl/α,β-unsaturated/α-hetero) is 2. The van der Waals surface area contributed by atoms with Crippen molar-refractivity contribution in [3.8, 4) is 5.75 Å². The number of carbonyl (C=O) groups is 2. The molecule has 1 saturated carbocycles. The zero-order chi connectivity index (χ0) is 25.0. The van der Waals surface area contributed by atoms with Crippen LogP contribution in [0.3, 0.4) is 0 Å². The Bertz CT molecular complexity index is 1110. The predicted molar refractivity (Wildman–Crippen MR) is 145 cm³/mol. The van der Waals surface area contributed by atoms with Crippen LogP contribution in [0.25, 0.3) is 0 Å². The Hall–Kier alpha value is -2.47. The topological polar surface area (TPSA) is 81.5 Å². The number of benzene rings is 2. The Balaban J connectivity index is 0.00000342. The zero-order valence-corrected chi connectivity index (χ0v) is 23.2. The lowest BCUT2D eigenvalue weighted by molar-refractivity contribution is -0.119. The summed E-state index contributed by atoms with van der Waals surface area (Å²) in [5.74, 6) is 0.384. The normalized spacial score (nSPS) is 22.2. The fourth-order valence-corrected chi connectivity index (χ4v) is 5.54. The number of halogens is 1. The highest BCUT2D eigenvalue weighted by Crippen LogP contribution is 2.46. The first-order chi connectivity index (χ1) is 15.8. The monoisotopic (exact) mass is 540 g/mol. The number of nitrogens with one attached hydrogen (secondary N) is 1. The average Bonchev–Trinajstić information content (AvgIpc) is 3.21. The Morgan fingerprint density at radius 3 is 2.09 bits per heavy atom. The molecule has 1 aliphatic carbocycles. The smallest absolute Gasteiger partial charge is 0.182 e. The summed E-state index contributed by atoms with van der Waals surface area (Å²) in [5, 5.41) is 19.8. The predicted octanol–water partition coefficient (Wildman–Crippen LogP) is 6.03. The van der Waals surface area contributed by atoms with Crippen molar-refractivity contribution in [1.82, 2.24) is 4.90 Å². The maximum absolute atomic E-state index is 13.5. The average molecular weight is 542 g/mol. The first-order valence-electron chi connectivity index (χ1n) is 12.1. The van der Waals surface area contributed by atoms with E-state index in [0.29, 0.717) is 24.4 Å². The Morgan fingerprint density at radius 1 is 1.03 bits per heavy atom. The van der Waals surface area contributed by atoms with Gasteiger partial charge in [-0.05, 0) is 34.4 Å². The second-order valence-electron chi connectivity index (χ2n) is 12.0. The second-order valence-corrected chi connectivity index (χ2v) is 12.0. The van der Waals surface area contributed by atoms with E-state index in [1.54, 1.807) is 0 Å². The van der Waals surface area contributed by atoms with Crippen LogP contribution in [-0.4, -0.2) is 40.5 Å². The molecule has 1 saturated heterocycles. The van der Waals surface area contributed by atoms with Crippen LogP contribution < -0.4 is 0 Å². The number of carbonyl (C=O) groups excluding carboxylic acids is 2. The fourth-order valence-electron chi connectivity index (χ4n) is 5.54. The van der Waals surface area contributed by atoms with Gasteiger partial charge in [0.15, 0.2) is 5.78 Å². The summed E-state index contributed by atoms with van der Waals surface area (Å²) in [6.07, 6.45) is 0.457. The van der Waals surface area contributed by atoms with Crippen molar-refractivity contribution in [2.45, 2.75) is 64.7 Å². The summed E-state index contributed by atoms with van der Waals surface area (Å²) in [7, 11) is 0. The van der Waals surface area contributed by atoms with E-state index in [1.807, 2.05) is 88.9 Å². The molecule has 0 amide bonds. The van der Waals surface area contributed by atoms with Gasteiger partial charge >= 0.3 is 0 Å². The van der Waals surface area contributed by atoms with E-state index in [9.17, 15) is 14.7 Å². The molecule has 0 spiro atoms. The Morgan fingerprint density at radius 2 is 1.57 bits per heavy atom. The molecule has 0 aromatic heterocycles. The number of amidine groups is 1. The molecule has 1 aliphatic heterocycles. The van der Waals surface area contributed by atoms with Crippen molar-refractivity contribution in [1.29, 1.82) is 5.41 Å². The third kappa shape index (κ3) is 5.09. The van der Waals surface area contributed by atoms with Crippen LogP contribution in [-0.2, 0) is 15.6 Å². The molecule has 0 unspecified atom stereocenters. The van der Waals surface area contributed by atoms with E-state index < -0.39 is 0 Å². The van der Waals surface area contributed by atoms with Gasteiger partial charge in [0.2, 0.25) is 0 Å². The summed E-state index contributed by atoms with van der Waals surface area (Å²) in [5.41, 5.74) is 2.40. The van der Waals surface area contributed by atoms with E-state index in [1.165, 1.54) is 0 Å². The van der Waals surface area contributed by atoms with Gasteiger partial charge in [0, 0.05) is 35.6 Å². The summed E-state index contributed by atoms with van der Waals surface area (Å²) in [6, 6.07) is 13.3. The maximum Gasteiger partial charge on any atom is 0.182 e. The van der Waals surface area contributed by atoms with E-state index >= 15 is 0 Å². The Kier molecular flexibility index (Phi) is 7.39. The van der Waals surface area contributed by atoms with E-state index in [0.717, 1.165) is 16.7 Å². The van der Waals surface area contributed by atoms with Gasteiger partial charge in [-0.3, -0.25) is 15.0 Å². The molecular formula is C29H37BrN2O3. The molecule has 5 nitrogen and oxygen atoms in total. The van der Waals surface area contributed by atoms with Crippen LogP contribution in [0, 0.1) is 17.2 Å². The summed E-state index contributed by atoms with van der Waals surface area (Å²) in [6.45, 7) is 12.8. The summed E-state index contributed by atoms with van der Waals surface area (Å²) in [4.78, 5) is 28.1. The van der Waals surface area contributed by atoms with E-state index in [4.69, 9.17) is 5.41 Å². The molecule has 2 fully saturated rings. The largest absolute Gasteiger partial charge is 0.507 e. The van der Waals surface area contributed by atoms with Gasteiger partial charge in [0.1, 0.15) is 17.4 Å². The molecule has 188 valence electrons. The van der Waals surface area contributed by atoms with Crippen LogP contribution in [0.2, 0.25) is 0 Å². The molecule has 6 heteroatoms. The van der Waals surface area contributed by atoms with Gasteiger partial charge in [-0.25, -0.2) is 0 Å². The molecule has 2 aromatic rings. The number of aromatic hydroxyl groups is 1. The minimum Gasteiger partial charge on any atom is -0.507 e. The molecule has 0 bridgehead atoms. The van der Waals surface area contributed by atoms with Gasteiger partial charge < -0.3 is 10.0 Å². The third-order valence-corrected chi connectivity index (χ3v) is 7.33. The highest BCUT2D eigenvalue weighted by atomic mass is 79.9. The molecule has 2 aliphatic rings. The number of rotatable bonds is 4. The number of ketones is 2. The van der Waals surface area contributed by atoms with Crippen molar-refractivity contribution >= 4 is 34.4 Å². The van der Waals surface area contributed by atoms with E-state index in [2.05, 4.69) is 0 Å². The van der Waals surface area contributed by atoms with Crippen LogP contribution in [0.1, 0.15) is 80.9 Å². The van der Waals surface area contributed by atoms with E-state index in [-0.39, 0.29) is 69.4 Å². The molecule has 4 rings (SSSR count). The van der Waals surface area contributed by atoms with Crippen molar-refractivity contribution in [2.24, 2.45) is 11.8 Å². The van der Waals surface area contributed by atoms with Crippen LogP contribution in [0.15, 0.2) is 42.5 Å². The maximum atomic E-state index is 13.5. The highest BCUT2D eigenvalue weighted by Gasteiger charge is 2.51. The number of likely N-dealkylation sites (tertiary alicyclic amines) is 1. The van der Waals surface area contributed by atoms with Gasteiger partial charge in [0.05, 0.1) is 12.5 Å². The number of phenols is 1. The lowest BCUT2D eigenvalue weighted by Gasteiger charge is -2.28. The van der Waals surface area contributed by atoms with Crippen molar-refractivity contribution < 1.29 is 14.7 Å². The van der Waals surface area contributed by atoms with Gasteiger partial charge in [-0.15, -0.1) is 17.0 Å². The number of phenolic OH excluding ortho intramolecular Hbond substituents is 1. The van der Waals surface area contributed by atoms with Gasteiger partial charge in [-0.1, -0.05) is 71.9 Å². The fraction of sp³-hybridized carbons (Fsp3) is 0.483. The summed E-state index contributed by atoms with van der Waals surface area (Å²) < 4.78 is 0. The molecule has 35 heavy (non-hydrogen) atoms. The first-order valence-corrected chi connectivity index (χ1v) is 12.1. The number of hydrogen-bond donors (Lipinski definition) is 2. The molecule has 3 atom stereocenters. The van der Waals surface area contributed by atoms with Gasteiger partial charge in [-0.2, -0.15) is 0 Å². The van der Waals surface area contributed by atoms with Crippen molar-refractivity contribution in [2.75, 3.05) is 13.1 Å². The third-order valence-electron chi connectivity index (χ3n) is 7.33. The van der Waals surface area contributed by atoms with Crippen molar-refractivity contribution in [3.63, 3.8) is 0 Å². The number of fused-ring (bicyclic) bond motifs is 1. The zero-order valence-electron chi connectivity index (χ0n) is 21.5. The highest BCUT2D eigenvalue weighted by molar-refractivity contribution is 8.93. The van der Waals surface area contributed by atoms with Crippen molar-refractivity contribution in [3.05, 3.63) is 64.7 Å². The molecule has 2 aromatic carbocycles. The summed E-state index contributed by atoms with van der Waals surface area (Å²) >= 11 is 0. The Labute approximate surface area is 219 Å². The number of hydrogen-bond acceptors (Lipinski definition) is 4. The standard InChI is InChI=1S/C29H36N2O3.BrH/c1-28(2,3)20-12-18(13-21(26(20)34)29(4,5)6)23(33)16-31-15-19-14-22(32)24(25(19)27(31)30)17-10-8-7-9-11-17;/h7-13,19,24-25,30,34H,14-16H2,1-6H3;1H/t19-,24-,25+;/m0./s1. The molecular weight excluding hydrogens is 504 g/mol. The van der Waals surface area contributed by atoms with Crippen LogP contribution in [0.5, 0.6) is 5.75 Å². The number of nitrogens with zero attached hydrogens (tertiary/aromatic N) is 1. The van der Waals surface area contributed by atoms with Crippen LogP contribution >= 0.6 is 17.0 Å². The van der Waals surface area contributed by atoms with Crippen LogP contribution in [0.4, 0.5) is 0 Å². The SMILES string of the molecule is Br.CC(C)(C)c1cc(C(=O)CN2C[C@@H]3CC(=O)[C@H](c4ccccc4)[C@@H]3C2=N)cc(C(C)(C)C)c1O. The quantitative estimate of drug-likeness (QED) is 0.464. The molecule has 2 N–H and O–H groups in total. The second kappa shape index (κ2) is 9.53. The first kappa shape index (κ1) is 27.1. The lowest BCUT2D eigenvalue weighted by Crippen LogP contribution is -2.34. The minimum absolute atomic E-state index is 0. The van der Waals surface area contributed by atoms with Gasteiger partial charge in [0.25, 0.3) is 0 Å². The minimum atomic E-state index is -0.318. The molecule has 1 heterocycles. The lowest BCUT2D eigenvalue weighted by atomic mass is 9.78.